The molecular formula is C12H21N3O3S2. The third-order valence-electron chi connectivity index (χ3n) is 3.36. The highest BCUT2D eigenvalue weighted by atomic mass is 32.2. The molecule has 0 radical (unpaired) electrons. The number of sulfonamides is 1. The quantitative estimate of drug-likeness (QED) is 0.603. The standard InChI is InChI=1S/C12H21N3O3S2/c1-2-14-11-8-15(4-3-5-16)19-12-7-9(6-10(11)12)20(13,17)18/h6,11,14,16H,2-5,7-8H2,1H3,(H2,13,17,18)/t11-/m0/s1. The SMILES string of the molecule is CCN[C@H]1CN(CCCO)SC2=C1C=C(S(N)(=O)=O)C2. The van der Waals surface area contributed by atoms with Crippen molar-refractivity contribution in [3.8, 4) is 0 Å². The second-order valence-corrected chi connectivity index (χ2v) is 7.68. The van der Waals surface area contributed by atoms with Crippen LogP contribution < -0.4 is 10.5 Å². The number of rotatable bonds is 6. The van der Waals surface area contributed by atoms with Crippen molar-refractivity contribution in [1.29, 1.82) is 0 Å². The molecule has 0 aromatic carbocycles. The van der Waals surface area contributed by atoms with Gasteiger partial charge in [-0.2, -0.15) is 0 Å². The first kappa shape index (κ1) is 16.0. The van der Waals surface area contributed by atoms with Crippen LogP contribution in [0.4, 0.5) is 0 Å². The number of likely N-dealkylation sites (N-methyl/N-ethyl adjacent to an activating group) is 1. The van der Waals surface area contributed by atoms with Gasteiger partial charge in [-0.15, -0.1) is 0 Å². The van der Waals surface area contributed by atoms with Crippen molar-refractivity contribution in [3.63, 3.8) is 0 Å². The Morgan fingerprint density at radius 3 is 2.95 bits per heavy atom. The minimum absolute atomic E-state index is 0.120. The van der Waals surface area contributed by atoms with E-state index in [9.17, 15) is 8.42 Å². The summed E-state index contributed by atoms with van der Waals surface area (Å²) in [6.07, 6.45) is 2.81. The minimum Gasteiger partial charge on any atom is -0.396 e. The number of nitrogens with one attached hydrogen (secondary N) is 1. The van der Waals surface area contributed by atoms with Gasteiger partial charge in [-0.25, -0.2) is 17.9 Å². The molecular weight excluding hydrogens is 298 g/mol. The molecule has 0 spiro atoms. The van der Waals surface area contributed by atoms with Crippen LogP contribution in [0.15, 0.2) is 21.5 Å². The van der Waals surface area contributed by atoms with Crippen LogP contribution in [0.3, 0.4) is 0 Å². The van der Waals surface area contributed by atoms with Crippen molar-refractivity contribution >= 4 is 22.0 Å². The molecule has 1 aliphatic carbocycles. The second kappa shape index (κ2) is 6.59. The van der Waals surface area contributed by atoms with Crippen LogP contribution in [0.1, 0.15) is 19.8 Å². The van der Waals surface area contributed by atoms with Crippen LogP contribution in [0.5, 0.6) is 0 Å². The summed E-state index contributed by atoms with van der Waals surface area (Å²) in [4.78, 5) is 1.34. The fourth-order valence-electron chi connectivity index (χ4n) is 2.43. The summed E-state index contributed by atoms with van der Waals surface area (Å²) in [6.45, 7) is 4.59. The molecule has 114 valence electrons. The largest absolute Gasteiger partial charge is 0.396 e. The molecule has 4 N–H and O–H groups in total. The molecule has 0 amide bonds. The van der Waals surface area contributed by atoms with Crippen LogP contribution in [0.2, 0.25) is 0 Å². The maximum Gasteiger partial charge on any atom is 0.234 e. The van der Waals surface area contributed by atoms with Crippen LogP contribution in [0.25, 0.3) is 0 Å². The van der Waals surface area contributed by atoms with Gasteiger partial charge in [-0.3, -0.25) is 0 Å². The molecule has 2 aliphatic rings. The van der Waals surface area contributed by atoms with Crippen molar-refractivity contribution < 1.29 is 13.5 Å². The highest BCUT2D eigenvalue weighted by Gasteiger charge is 2.33. The van der Waals surface area contributed by atoms with Gasteiger partial charge in [0.15, 0.2) is 0 Å². The minimum atomic E-state index is -3.61. The van der Waals surface area contributed by atoms with Crippen molar-refractivity contribution in [2.75, 3.05) is 26.2 Å². The van der Waals surface area contributed by atoms with Gasteiger partial charge in [0.25, 0.3) is 0 Å². The van der Waals surface area contributed by atoms with Gasteiger partial charge in [0.1, 0.15) is 0 Å². The molecule has 1 aliphatic heterocycles. The number of nitrogens with zero attached hydrogens (tertiary/aromatic N) is 1. The third-order valence-corrected chi connectivity index (χ3v) is 5.54. The molecule has 8 heteroatoms. The van der Waals surface area contributed by atoms with E-state index in [1.165, 1.54) is 0 Å². The number of aliphatic hydroxyl groups is 1. The smallest absolute Gasteiger partial charge is 0.234 e. The van der Waals surface area contributed by atoms with Gasteiger partial charge in [-0.1, -0.05) is 6.92 Å². The molecule has 0 fully saturated rings. The maximum absolute atomic E-state index is 11.5. The predicted molar refractivity (Wildman–Crippen MR) is 81.2 cm³/mol. The van der Waals surface area contributed by atoms with Crippen molar-refractivity contribution in [1.82, 2.24) is 9.62 Å². The van der Waals surface area contributed by atoms with Crippen LogP contribution in [0, 0.1) is 0 Å². The van der Waals surface area contributed by atoms with E-state index in [4.69, 9.17) is 10.2 Å². The molecule has 0 saturated heterocycles. The third kappa shape index (κ3) is 3.63. The molecule has 0 aromatic heterocycles. The van der Waals surface area contributed by atoms with Gasteiger partial charge >= 0.3 is 0 Å². The molecule has 1 heterocycles. The lowest BCUT2D eigenvalue weighted by molar-refractivity contribution is 0.270. The highest BCUT2D eigenvalue weighted by molar-refractivity contribution is 8.01. The second-order valence-electron chi connectivity index (χ2n) is 4.88. The number of nitrogens with two attached hydrogens (primary N) is 1. The first-order chi connectivity index (χ1) is 9.45. The Morgan fingerprint density at radius 2 is 2.35 bits per heavy atom. The fraction of sp³-hybridized carbons (Fsp3) is 0.667. The Morgan fingerprint density at radius 1 is 1.60 bits per heavy atom. The van der Waals surface area contributed by atoms with Crippen molar-refractivity contribution in [2.24, 2.45) is 5.14 Å². The summed E-state index contributed by atoms with van der Waals surface area (Å²) in [5.41, 5.74) is 1.04. The Bertz CT molecular complexity index is 528. The molecule has 0 aromatic rings. The molecule has 2 rings (SSSR count). The van der Waals surface area contributed by atoms with E-state index in [0.29, 0.717) is 17.7 Å². The Balaban J connectivity index is 2.16. The van der Waals surface area contributed by atoms with E-state index in [2.05, 4.69) is 9.62 Å². The summed E-state index contributed by atoms with van der Waals surface area (Å²) < 4.78 is 25.2. The number of hydrogen-bond donors (Lipinski definition) is 3. The van der Waals surface area contributed by atoms with E-state index in [1.807, 2.05) is 6.92 Å². The van der Waals surface area contributed by atoms with Gasteiger partial charge in [0, 0.05) is 37.1 Å². The van der Waals surface area contributed by atoms with E-state index < -0.39 is 10.0 Å². The van der Waals surface area contributed by atoms with Crippen molar-refractivity contribution in [2.45, 2.75) is 25.8 Å². The zero-order valence-corrected chi connectivity index (χ0v) is 13.1. The maximum atomic E-state index is 11.5. The zero-order valence-electron chi connectivity index (χ0n) is 11.5. The number of aliphatic hydroxyl groups excluding tert-OH is 1. The number of primary sulfonamides is 1. The van der Waals surface area contributed by atoms with Crippen LogP contribution >= 0.6 is 11.9 Å². The summed E-state index contributed by atoms with van der Waals surface area (Å²) in [7, 11) is -3.61. The van der Waals surface area contributed by atoms with E-state index in [0.717, 1.165) is 30.1 Å². The van der Waals surface area contributed by atoms with Crippen molar-refractivity contribution in [3.05, 3.63) is 21.5 Å². The molecule has 20 heavy (non-hydrogen) atoms. The topological polar surface area (TPSA) is 95.7 Å². The Kier molecular flexibility index (Phi) is 5.27. The molecule has 0 unspecified atom stereocenters. The van der Waals surface area contributed by atoms with Gasteiger partial charge in [-0.05, 0) is 36.6 Å². The van der Waals surface area contributed by atoms with E-state index in [1.54, 1.807) is 18.0 Å². The fourth-order valence-corrected chi connectivity index (χ4v) is 4.44. The highest BCUT2D eigenvalue weighted by Crippen LogP contribution is 2.42. The lowest BCUT2D eigenvalue weighted by Gasteiger charge is -2.33. The number of hydrogen-bond acceptors (Lipinski definition) is 6. The van der Waals surface area contributed by atoms with Gasteiger partial charge in [0.05, 0.1) is 4.91 Å². The summed E-state index contributed by atoms with van der Waals surface area (Å²) in [6, 6.07) is 0.120. The summed E-state index contributed by atoms with van der Waals surface area (Å²) in [5.74, 6) is 0. The van der Waals surface area contributed by atoms with Gasteiger partial charge in [0.2, 0.25) is 10.0 Å². The molecule has 0 saturated carbocycles. The molecule has 0 bridgehead atoms. The normalized spacial score (nSPS) is 23.9. The lowest BCUT2D eigenvalue weighted by Crippen LogP contribution is -2.42. The number of allylic oxidation sites excluding steroid dienone is 2. The van der Waals surface area contributed by atoms with Crippen LogP contribution in [-0.4, -0.2) is 50.1 Å². The average molecular weight is 319 g/mol. The van der Waals surface area contributed by atoms with E-state index in [-0.39, 0.29) is 12.6 Å². The monoisotopic (exact) mass is 319 g/mol. The Hall–Kier alpha value is -0.380. The lowest BCUT2D eigenvalue weighted by atomic mass is 10.1. The molecule has 6 nitrogen and oxygen atoms in total. The first-order valence-electron chi connectivity index (χ1n) is 6.69. The summed E-state index contributed by atoms with van der Waals surface area (Å²) in [5, 5.41) is 17.5. The van der Waals surface area contributed by atoms with Gasteiger partial charge < -0.3 is 10.4 Å². The van der Waals surface area contributed by atoms with Crippen LogP contribution in [-0.2, 0) is 10.0 Å². The molecule has 1 atom stereocenters. The summed E-state index contributed by atoms with van der Waals surface area (Å²) >= 11 is 1.58. The van der Waals surface area contributed by atoms with E-state index >= 15 is 0 Å². The first-order valence-corrected chi connectivity index (χ1v) is 9.01. The zero-order chi connectivity index (χ0) is 14.8. The average Bonchev–Trinajstić information content (AvgIpc) is 2.80. The predicted octanol–water partition coefficient (Wildman–Crippen LogP) is 0.141. The Labute approximate surface area is 124 Å².